The number of ether oxygens (including phenoxy) is 1. The monoisotopic (exact) mass is 227 g/mol. The minimum atomic E-state index is 0.429. The van der Waals surface area contributed by atoms with Crippen LogP contribution in [-0.2, 0) is 4.74 Å². The molecule has 1 aliphatic carbocycles. The van der Waals surface area contributed by atoms with Crippen LogP contribution in [0.1, 0.15) is 59.3 Å². The molecule has 2 heteroatoms. The molecule has 96 valence electrons. The van der Waals surface area contributed by atoms with E-state index in [-0.39, 0.29) is 0 Å². The molecule has 0 amide bonds. The van der Waals surface area contributed by atoms with E-state index in [1.54, 1.807) is 0 Å². The van der Waals surface area contributed by atoms with Crippen LogP contribution in [0.4, 0.5) is 0 Å². The van der Waals surface area contributed by atoms with Gasteiger partial charge in [-0.25, -0.2) is 0 Å². The molecule has 0 saturated heterocycles. The van der Waals surface area contributed by atoms with E-state index >= 15 is 0 Å². The van der Waals surface area contributed by atoms with E-state index in [4.69, 9.17) is 4.74 Å². The Morgan fingerprint density at radius 3 is 2.56 bits per heavy atom. The molecule has 0 aliphatic heterocycles. The van der Waals surface area contributed by atoms with Gasteiger partial charge in [0, 0.05) is 12.6 Å². The third-order valence-electron chi connectivity index (χ3n) is 3.65. The molecule has 1 atom stereocenters. The van der Waals surface area contributed by atoms with Crippen LogP contribution in [0.2, 0.25) is 0 Å². The lowest BCUT2D eigenvalue weighted by Crippen LogP contribution is -2.35. The summed E-state index contributed by atoms with van der Waals surface area (Å²) in [6.45, 7) is 8.64. The Kier molecular flexibility index (Phi) is 7.06. The molecule has 0 aromatic heterocycles. The molecule has 0 bridgehead atoms. The first kappa shape index (κ1) is 14.0. The number of hydrogen-bond acceptors (Lipinski definition) is 2. The average Bonchev–Trinajstić information content (AvgIpc) is 2.27. The lowest BCUT2D eigenvalue weighted by Gasteiger charge is -2.27. The molecule has 0 aromatic carbocycles. The zero-order valence-corrected chi connectivity index (χ0v) is 11.3. The Hall–Kier alpha value is -0.0800. The van der Waals surface area contributed by atoms with Crippen molar-refractivity contribution >= 4 is 0 Å². The van der Waals surface area contributed by atoms with Crippen molar-refractivity contribution in [3.05, 3.63) is 0 Å². The summed E-state index contributed by atoms with van der Waals surface area (Å²) in [7, 11) is 0. The van der Waals surface area contributed by atoms with Crippen LogP contribution in [0.15, 0.2) is 0 Å². The second-order valence-electron chi connectivity index (χ2n) is 5.38. The summed E-state index contributed by atoms with van der Waals surface area (Å²) in [5.74, 6) is 0.943. The van der Waals surface area contributed by atoms with Gasteiger partial charge in [0.1, 0.15) is 0 Å². The Morgan fingerprint density at radius 2 is 1.94 bits per heavy atom. The molecular formula is C14H29NO. The normalized spacial score (nSPS) is 27.9. The maximum absolute atomic E-state index is 5.73. The molecule has 1 aliphatic rings. The van der Waals surface area contributed by atoms with E-state index < -0.39 is 0 Å². The summed E-state index contributed by atoms with van der Waals surface area (Å²) < 4.78 is 5.73. The van der Waals surface area contributed by atoms with Crippen molar-refractivity contribution in [3.8, 4) is 0 Å². The SMILES string of the molecule is CCCC(C)OCCNC1CCC(C)CC1. The molecule has 1 unspecified atom stereocenters. The highest BCUT2D eigenvalue weighted by molar-refractivity contribution is 4.74. The molecule has 0 radical (unpaired) electrons. The fraction of sp³-hybridized carbons (Fsp3) is 1.00. The maximum Gasteiger partial charge on any atom is 0.0594 e. The van der Waals surface area contributed by atoms with E-state index in [0.29, 0.717) is 6.10 Å². The lowest BCUT2D eigenvalue weighted by atomic mass is 9.87. The van der Waals surface area contributed by atoms with Crippen molar-refractivity contribution in [1.82, 2.24) is 5.32 Å². The van der Waals surface area contributed by atoms with E-state index in [0.717, 1.165) is 25.1 Å². The van der Waals surface area contributed by atoms with Gasteiger partial charge in [0.05, 0.1) is 12.7 Å². The largest absolute Gasteiger partial charge is 0.377 e. The van der Waals surface area contributed by atoms with Gasteiger partial charge < -0.3 is 10.1 Å². The van der Waals surface area contributed by atoms with E-state index in [9.17, 15) is 0 Å². The van der Waals surface area contributed by atoms with Crippen molar-refractivity contribution in [2.75, 3.05) is 13.2 Å². The van der Waals surface area contributed by atoms with E-state index in [1.807, 2.05) is 0 Å². The average molecular weight is 227 g/mol. The first-order valence-electron chi connectivity index (χ1n) is 7.07. The van der Waals surface area contributed by atoms with Crippen molar-refractivity contribution in [2.24, 2.45) is 5.92 Å². The highest BCUT2D eigenvalue weighted by Crippen LogP contribution is 2.23. The number of rotatable bonds is 7. The fourth-order valence-corrected chi connectivity index (χ4v) is 2.48. The van der Waals surface area contributed by atoms with Crippen LogP contribution in [0, 0.1) is 5.92 Å². The van der Waals surface area contributed by atoms with Gasteiger partial charge in [-0.15, -0.1) is 0 Å². The number of nitrogens with one attached hydrogen (secondary N) is 1. The van der Waals surface area contributed by atoms with Crippen LogP contribution >= 0.6 is 0 Å². The summed E-state index contributed by atoms with van der Waals surface area (Å²) in [5.41, 5.74) is 0. The summed E-state index contributed by atoms with van der Waals surface area (Å²) in [6.07, 6.45) is 8.32. The highest BCUT2D eigenvalue weighted by atomic mass is 16.5. The molecule has 0 aromatic rings. The predicted octanol–water partition coefficient (Wildman–Crippen LogP) is 3.36. The molecule has 1 N–H and O–H groups in total. The third-order valence-corrected chi connectivity index (χ3v) is 3.65. The van der Waals surface area contributed by atoms with Crippen LogP contribution in [0.5, 0.6) is 0 Å². The standard InChI is InChI=1S/C14H29NO/c1-4-5-13(3)16-11-10-15-14-8-6-12(2)7-9-14/h12-15H,4-11H2,1-3H3. The number of hydrogen-bond donors (Lipinski definition) is 1. The van der Waals surface area contributed by atoms with Gasteiger partial charge in [-0.05, 0) is 44.9 Å². The molecule has 2 nitrogen and oxygen atoms in total. The Labute approximate surface area is 101 Å². The molecule has 1 saturated carbocycles. The minimum absolute atomic E-state index is 0.429. The Morgan fingerprint density at radius 1 is 1.25 bits per heavy atom. The molecular weight excluding hydrogens is 198 g/mol. The zero-order valence-electron chi connectivity index (χ0n) is 11.3. The Balaban J connectivity index is 1.95. The quantitative estimate of drug-likeness (QED) is 0.673. The second kappa shape index (κ2) is 8.08. The summed E-state index contributed by atoms with van der Waals surface area (Å²) >= 11 is 0. The van der Waals surface area contributed by atoms with Crippen LogP contribution in [-0.4, -0.2) is 25.3 Å². The van der Waals surface area contributed by atoms with Gasteiger partial charge in [-0.3, -0.25) is 0 Å². The maximum atomic E-state index is 5.73. The van der Waals surface area contributed by atoms with Crippen molar-refractivity contribution < 1.29 is 4.74 Å². The Bertz CT molecular complexity index is 164. The summed E-state index contributed by atoms with van der Waals surface area (Å²) in [4.78, 5) is 0. The molecule has 16 heavy (non-hydrogen) atoms. The molecule has 1 rings (SSSR count). The highest BCUT2D eigenvalue weighted by Gasteiger charge is 2.17. The van der Waals surface area contributed by atoms with Gasteiger partial charge in [-0.2, -0.15) is 0 Å². The van der Waals surface area contributed by atoms with Crippen LogP contribution in [0.25, 0.3) is 0 Å². The smallest absolute Gasteiger partial charge is 0.0594 e. The fourth-order valence-electron chi connectivity index (χ4n) is 2.48. The van der Waals surface area contributed by atoms with Crippen molar-refractivity contribution in [2.45, 2.75) is 71.4 Å². The van der Waals surface area contributed by atoms with Gasteiger partial charge in [-0.1, -0.05) is 20.3 Å². The molecule has 0 spiro atoms. The summed E-state index contributed by atoms with van der Waals surface area (Å²) in [6, 6.07) is 0.751. The third kappa shape index (κ3) is 5.86. The van der Waals surface area contributed by atoms with Crippen LogP contribution in [0.3, 0.4) is 0 Å². The van der Waals surface area contributed by atoms with Gasteiger partial charge in [0.15, 0.2) is 0 Å². The van der Waals surface area contributed by atoms with Gasteiger partial charge in [0.25, 0.3) is 0 Å². The van der Waals surface area contributed by atoms with E-state index in [2.05, 4.69) is 26.1 Å². The van der Waals surface area contributed by atoms with Crippen LogP contribution < -0.4 is 5.32 Å². The second-order valence-corrected chi connectivity index (χ2v) is 5.38. The lowest BCUT2D eigenvalue weighted by molar-refractivity contribution is 0.0596. The van der Waals surface area contributed by atoms with E-state index in [1.165, 1.54) is 38.5 Å². The molecule has 1 fully saturated rings. The predicted molar refractivity (Wildman–Crippen MR) is 69.7 cm³/mol. The zero-order chi connectivity index (χ0) is 11.8. The van der Waals surface area contributed by atoms with Crippen molar-refractivity contribution in [1.29, 1.82) is 0 Å². The minimum Gasteiger partial charge on any atom is -0.377 e. The first-order chi connectivity index (χ1) is 7.72. The van der Waals surface area contributed by atoms with Gasteiger partial charge in [0.2, 0.25) is 0 Å². The first-order valence-corrected chi connectivity index (χ1v) is 7.07. The topological polar surface area (TPSA) is 21.3 Å². The van der Waals surface area contributed by atoms with Gasteiger partial charge >= 0.3 is 0 Å². The van der Waals surface area contributed by atoms with Crippen molar-refractivity contribution in [3.63, 3.8) is 0 Å². The summed E-state index contributed by atoms with van der Waals surface area (Å²) in [5, 5.41) is 3.61. The molecule has 0 heterocycles.